The van der Waals surface area contributed by atoms with Gasteiger partial charge in [-0.3, -0.25) is 0 Å². The standard InChI is InChI=1S/C18H17ClFN3OS/c1-24-15-7-6-12(19)17-16(15)21-18(25-17)23-10-8-22(9-11-23)14-5-3-2-4-13(14)20/h2-7H,8-11H2,1H3. The molecule has 0 unspecified atom stereocenters. The fraction of sp³-hybridized carbons (Fsp3) is 0.278. The second-order valence-corrected chi connectivity index (χ2v) is 7.23. The molecule has 0 saturated carbocycles. The van der Waals surface area contributed by atoms with E-state index in [2.05, 4.69) is 9.80 Å². The van der Waals surface area contributed by atoms with E-state index < -0.39 is 0 Å². The Morgan fingerprint density at radius 1 is 1.08 bits per heavy atom. The molecule has 0 atom stereocenters. The van der Waals surface area contributed by atoms with Gasteiger partial charge in [0.15, 0.2) is 5.13 Å². The predicted octanol–water partition coefficient (Wildman–Crippen LogP) is 4.42. The highest BCUT2D eigenvalue weighted by atomic mass is 35.5. The van der Waals surface area contributed by atoms with E-state index in [0.29, 0.717) is 10.7 Å². The third kappa shape index (κ3) is 3.00. The van der Waals surface area contributed by atoms with Crippen LogP contribution in [0.2, 0.25) is 5.02 Å². The summed E-state index contributed by atoms with van der Waals surface area (Å²) in [5, 5.41) is 1.61. The molecule has 3 aromatic rings. The van der Waals surface area contributed by atoms with Gasteiger partial charge in [-0.15, -0.1) is 0 Å². The summed E-state index contributed by atoms with van der Waals surface area (Å²) in [5.74, 6) is 0.555. The van der Waals surface area contributed by atoms with Crippen molar-refractivity contribution in [3.05, 3.63) is 47.2 Å². The Labute approximate surface area is 154 Å². The molecule has 1 aromatic heterocycles. The minimum Gasteiger partial charge on any atom is -0.494 e. The molecule has 130 valence electrons. The number of thiazole rings is 1. The average molecular weight is 378 g/mol. The smallest absolute Gasteiger partial charge is 0.186 e. The van der Waals surface area contributed by atoms with Gasteiger partial charge in [-0.05, 0) is 24.3 Å². The van der Waals surface area contributed by atoms with Gasteiger partial charge in [0, 0.05) is 26.2 Å². The maximum Gasteiger partial charge on any atom is 0.186 e. The van der Waals surface area contributed by atoms with Gasteiger partial charge in [0.25, 0.3) is 0 Å². The molecule has 2 heterocycles. The molecule has 4 nitrogen and oxygen atoms in total. The molecule has 0 amide bonds. The molecule has 25 heavy (non-hydrogen) atoms. The summed E-state index contributed by atoms with van der Waals surface area (Å²) < 4.78 is 20.3. The molecule has 0 N–H and O–H groups in total. The molecule has 7 heteroatoms. The van der Waals surface area contributed by atoms with E-state index in [1.807, 2.05) is 24.3 Å². The highest BCUT2D eigenvalue weighted by Gasteiger charge is 2.22. The SMILES string of the molecule is COc1ccc(Cl)c2sc(N3CCN(c4ccccc4F)CC3)nc12. The molecule has 1 fully saturated rings. The van der Waals surface area contributed by atoms with Gasteiger partial charge in [-0.25, -0.2) is 9.37 Å². The first kappa shape index (κ1) is 16.4. The Morgan fingerprint density at radius 3 is 2.52 bits per heavy atom. The summed E-state index contributed by atoms with van der Waals surface area (Å²) in [5.41, 5.74) is 1.46. The number of benzene rings is 2. The van der Waals surface area contributed by atoms with Gasteiger partial charge in [-0.1, -0.05) is 35.1 Å². The third-order valence-corrected chi connectivity index (χ3v) is 5.99. The number of fused-ring (bicyclic) bond motifs is 1. The molecule has 1 aliphatic heterocycles. The van der Waals surface area contributed by atoms with Crippen LogP contribution in [0.1, 0.15) is 0 Å². The number of rotatable bonds is 3. The van der Waals surface area contributed by atoms with Crippen molar-refractivity contribution >= 4 is 44.0 Å². The Kier molecular flexibility index (Phi) is 4.39. The minimum absolute atomic E-state index is 0.174. The number of nitrogens with zero attached hydrogens (tertiary/aromatic N) is 3. The minimum atomic E-state index is -0.174. The van der Waals surface area contributed by atoms with Gasteiger partial charge in [-0.2, -0.15) is 0 Å². The fourth-order valence-corrected chi connectivity index (χ4v) is 4.40. The Morgan fingerprint density at radius 2 is 1.80 bits per heavy atom. The molecular weight excluding hydrogens is 361 g/mol. The molecule has 1 aliphatic rings. The second-order valence-electron chi connectivity index (χ2n) is 5.85. The van der Waals surface area contributed by atoms with Crippen molar-refractivity contribution < 1.29 is 9.13 Å². The summed E-state index contributed by atoms with van der Waals surface area (Å²) in [4.78, 5) is 9.02. The van der Waals surface area contributed by atoms with Gasteiger partial charge < -0.3 is 14.5 Å². The maximum atomic E-state index is 14.0. The summed E-state index contributed by atoms with van der Waals surface area (Å²) in [6, 6.07) is 10.6. The van der Waals surface area contributed by atoms with Crippen molar-refractivity contribution in [1.29, 1.82) is 0 Å². The van der Waals surface area contributed by atoms with Crippen molar-refractivity contribution in [3.8, 4) is 5.75 Å². The monoisotopic (exact) mass is 377 g/mol. The third-order valence-electron chi connectivity index (χ3n) is 4.41. The van der Waals surface area contributed by atoms with Crippen LogP contribution in [0.5, 0.6) is 5.75 Å². The molecule has 0 radical (unpaired) electrons. The second kappa shape index (κ2) is 6.69. The Balaban J connectivity index is 1.56. The number of aromatic nitrogens is 1. The first-order chi connectivity index (χ1) is 12.2. The van der Waals surface area contributed by atoms with Crippen molar-refractivity contribution in [1.82, 2.24) is 4.98 Å². The molecular formula is C18H17ClFN3OS. The van der Waals surface area contributed by atoms with Gasteiger partial charge >= 0.3 is 0 Å². The number of piperazine rings is 1. The number of ether oxygens (including phenoxy) is 1. The van der Waals surface area contributed by atoms with Gasteiger partial charge in [0.1, 0.15) is 17.1 Å². The van der Waals surface area contributed by atoms with E-state index in [0.717, 1.165) is 47.3 Å². The topological polar surface area (TPSA) is 28.6 Å². The van der Waals surface area contributed by atoms with Gasteiger partial charge in [0.2, 0.25) is 0 Å². The van der Waals surface area contributed by atoms with Crippen LogP contribution in [0.4, 0.5) is 15.2 Å². The highest BCUT2D eigenvalue weighted by Crippen LogP contribution is 2.39. The van der Waals surface area contributed by atoms with Crippen LogP contribution in [-0.2, 0) is 0 Å². The number of para-hydroxylation sites is 1. The number of anilines is 2. The lowest BCUT2D eigenvalue weighted by Gasteiger charge is -2.36. The van der Waals surface area contributed by atoms with Crippen molar-refractivity contribution in [2.45, 2.75) is 0 Å². The molecule has 0 bridgehead atoms. The lowest BCUT2D eigenvalue weighted by Crippen LogP contribution is -2.46. The zero-order valence-electron chi connectivity index (χ0n) is 13.7. The van der Waals surface area contributed by atoms with Crippen molar-refractivity contribution in [3.63, 3.8) is 0 Å². The van der Waals surface area contributed by atoms with Crippen LogP contribution in [0.15, 0.2) is 36.4 Å². The molecule has 0 aliphatic carbocycles. The Hall–Kier alpha value is -2.05. The van der Waals surface area contributed by atoms with E-state index in [4.69, 9.17) is 21.3 Å². The van der Waals surface area contributed by atoms with Crippen LogP contribution in [0.3, 0.4) is 0 Å². The van der Waals surface area contributed by atoms with E-state index in [9.17, 15) is 4.39 Å². The lowest BCUT2D eigenvalue weighted by molar-refractivity contribution is 0.419. The van der Waals surface area contributed by atoms with E-state index >= 15 is 0 Å². The van der Waals surface area contributed by atoms with Crippen LogP contribution >= 0.6 is 22.9 Å². The highest BCUT2D eigenvalue weighted by molar-refractivity contribution is 7.22. The van der Waals surface area contributed by atoms with E-state index in [-0.39, 0.29) is 5.82 Å². The Bertz CT molecular complexity index is 908. The number of halogens is 2. The van der Waals surface area contributed by atoms with E-state index in [1.165, 1.54) is 6.07 Å². The maximum absolute atomic E-state index is 14.0. The van der Waals surface area contributed by atoms with Gasteiger partial charge in [0.05, 0.1) is 22.5 Å². The van der Waals surface area contributed by atoms with Crippen molar-refractivity contribution in [2.24, 2.45) is 0 Å². The molecule has 4 rings (SSSR count). The normalized spacial score (nSPS) is 15.0. The number of hydrogen-bond donors (Lipinski definition) is 0. The zero-order chi connectivity index (χ0) is 17.4. The molecule has 0 spiro atoms. The first-order valence-electron chi connectivity index (χ1n) is 8.05. The largest absolute Gasteiger partial charge is 0.494 e. The lowest BCUT2D eigenvalue weighted by atomic mass is 10.2. The van der Waals surface area contributed by atoms with Crippen LogP contribution in [0, 0.1) is 5.82 Å². The average Bonchev–Trinajstić information content (AvgIpc) is 3.09. The molecule has 2 aromatic carbocycles. The first-order valence-corrected chi connectivity index (χ1v) is 9.24. The van der Waals surface area contributed by atoms with Crippen LogP contribution in [-0.4, -0.2) is 38.3 Å². The van der Waals surface area contributed by atoms with E-state index in [1.54, 1.807) is 24.5 Å². The predicted molar refractivity (Wildman–Crippen MR) is 102 cm³/mol. The zero-order valence-corrected chi connectivity index (χ0v) is 15.3. The van der Waals surface area contributed by atoms with Crippen molar-refractivity contribution in [2.75, 3.05) is 43.1 Å². The number of methoxy groups -OCH3 is 1. The molecule has 1 saturated heterocycles. The number of hydrogen-bond acceptors (Lipinski definition) is 5. The fourth-order valence-electron chi connectivity index (χ4n) is 3.09. The van der Waals surface area contributed by atoms with Crippen LogP contribution in [0.25, 0.3) is 10.2 Å². The van der Waals surface area contributed by atoms with Crippen LogP contribution < -0.4 is 14.5 Å². The summed E-state index contributed by atoms with van der Waals surface area (Å²) in [6.45, 7) is 3.08. The quantitative estimate of drug-likeness (QED) is 0.675. The summed E-state index contributed by atoms with van der Waals surface area (Å²) >= 11 is 7.88. The summed E-state index contributed by atoms with van der Waals surface area (Å²) in [6.07, 6.45) is 0. The summed E-state index contributed by atoms with van der Waals surface area (Å²) in [7, 11) is 1.63.